The van der Waals surface area contributed by atoms with Crippen LogP contribution in [0, 0.1) is 18.8 Å². The molecule has 2 atom stereocenters. The third kappa shape index (κ3) is 4.15. The van der Waals surface area contributed by atoms with Gasteiger partial charge in [0, 0.05) is 29.4 Å². The second kappa shape index (κ2) is 8.15. The largest absolute Gasteiger partial charge is 0.497 e. The molecule has 0 bridgehead atoms. The summed E-state index contributed by atoms with van der Waals surface area (Å²) in [4.78, 5) is 21.1. The van der Waals surface area contributed by atoms with Crippen LogP contribution in [-0.4, -0.2) is 36.0 Å². The van der Waals surface area contributed by atoms with Gasteiger partial charge in [-0.25, -0.2) is 0 Å². The maximum Gasteiger partial charge on any atom is 0.271 e. The lowest BCUT2D eigenvalue weighted by Gasteiger charge is -2.34. The van der Waals surface area contributed by atoms with E-state index in [1.165, 1.54) is 12.0 Å². The number of rotatable bonds is 4. The predicted octanol–water partition coefficient (Wildman–Crippen LogP) is 5.75. The molecule has 2 heterocycles. The number of amides is 1. The van der Waals surface area contributed by atoms with E-state index in [2.05, 4.69) is 50.0 Å². The van der Waals surface area contributed by atoms with E-state index in [1.54, 1.807) is 18.9 Å². The molecule has 4 rings (SSSR count). The highest BCUT2D eigenvalue weighted by Gasteiger charge is 2.29. The third-order valence-electron chi connectivity index (χ3n) is 5.57. The number of aromatic nitrogens is 1. The van der Waals surface area contributed by atoms with Gasteiger partial charge in [-0.05, 0) is 49.4 Å². The molecule has 1 saturated heterocycles. The van der Waals surface area contributed by atoms with E-state index in [1.807, 2.05) is 23.1 Å². The molecule has 2 aromatic carbocycles. The number of carbonyl (C=O) groups is 1. The summed E-state index contributed by atoms with van der Waals surface area (Å²) in [6, 6.07) is 14.4. The van der Waals surface area contributed by atoms with Gasteiger partial charge < -0.3 is 14.6 Å². The number of likely N-dealkylation sites (tertiary alicyclic amines) is 1. The highest BCUT2D eigenvalue weighted by Crippen LogP contribution is 2.39. The predicted molar refractivity (Wildman–Crippen MR) is 119 cm³/mol. The lowest BCUT2D eigenvalue weighted by molar-refractivity contribution is 0.0614. The number of piperidine rings is 1. The molecule has 3 aromatic rings. The molecule has 152 valence electrons. The monoisotopic (exact) mass is 408 g/mol. The molecule has 1 aromatic heterocycles. The smallest absolute Gasteiger partial charge is 0.271 e. The van der Waals surface area contributed by atoms with Crippen LogP contribution in [0.25, 0.3) is 10.9 Å². The van der Waals surface area contributed by atoms with Crippen LogP contribution in [0.15, 0.2) is 52.3 Å². The zero-order valence-corrected chi connectivity index (χ0v) is 18.3. The van der Waals surface area contributed by atoms with Gasteiger partial charge in [-0.2, -0.15) is 0 Å². The van der Waals surface area contributed by atoms with Crippen LogP contribution in [0.3, 0.4) is 0 Å². The molecular weight excluding hydrogens is 380 g/mol. The van der Waals surface area contributed by atoms with Crippen molar-refractivity contribution in [3.8, 4) is 5.75 Å². The Morgan fingerprint density at radius 1 is 1.10 bits per heavy atom. The van der Waals surface area contributed by atoms with Gasteiger partial charge in [-0.3, -0.25) is 4.79 Å². The molecule has 0 spiro atoms. The number of nitrogens with zero attached hydrogens (tertiary/aromatic N) is 1. The van der Waals surface area contributed by atoms with E-state index in [9.17, 15) is 4.79 Å². The van der Waals surface area contributed by atoms with Gasteiger partial charge in [0.1, 0.15) is 11.4 Å². The number of methoxy groups -OCH3 is 1. The van der Waals surface area contributed by atoms with Crippen molar-refractivity contribution < 1.29 is 9.53 Å². The molecule has 0 radical (unpaired) electrons. The number of nitrogens with one attached hydrogen (secondary N) is 1. The Kier molecular flexibility index (Phi) is 5.59. The number of ether oxygens (including phenoxy) is 1. The Bertz CT molecular complexity index is 1020. The lowest BCUT2D eigenvalue weighted by Crippen LogP contribution is -2.42. The van der Waals surface area contributed by atoms with Crippen molar-refractivity contribution in [3.63, 3.8) is 0 Å². The molecule has 5 heteroatoms. The number of fused-ring (bicyclic) bond motifs is 1. The number of aromatic amines is 1. The van der Waals surface area contributed by atoms with Crippen LogP contribution in [0.4, 0.5) is 0 Å². The molecular formula is C24H28N2O2S. The van der Waals surface area contributed by atoms with Gasteiger partial charge in [-0.15, -0.1) is 0 Å². The fourth-order valence-corrected chi connectivity index (χ4v) is 5.28. The Morgan fingerprint density at radius 2 is 1.79 bits per heavy atom. The van der Waals surface area contributed by atoms with E-state index in [0.717, 1.165) is 39.5 Å². The molecule has 1 aliphatic heterocycles. The standard InChI is InChI=1S/C24H28N2O2S/c1-15-5-8-19(9-6-15)29-23-20-10-7-18(28-4)12-21(20)25-22(23)24(27)26-13-16(2)11-17(3)14-26/h5-10,12,16-17,25H,11,13-14H2,1-4H3/t16-,17+. The summed E-state index contributed by atoms with van der Waals surface area (Å²) < 4.78 is 5.39. The van der Waals surface area contributed by atoms with Crippen molar-refractivity contribution in [2.24, 2.45) is 11.8 Å². The second-order valence-electron chi connectivity index (χ2n) is 8.31. The zero-order valence-electron chi connectivity index (χ0n) is 17.5. The molecule has 29 heavy (non-hydrogen) atoms. The average molecular weight is 409 g/mol. The van der Waals surface area contributed by atoms with Gasteiger partial charge in [0.15, 0.2) is 0 Å². The summed E-state index contributed by atoms with van der Waals surface area (Å²) >= 11 is 1.65. The summed E-state index contributed by atoms with van der Waals surface area (Å²) in [6.07, 6.45) is 1.18. The molecule has 1 N–H and O–H groups in total. The van der Waals surface area contributed by atoms with Gasteiger partial charge in [0.25, 0.3) is 5.91 Å². The van der Waals surface area contributed by atoms with Gasteiger partial charge >= 0.3 is 0 Å². The molecule has 0 saturated carbocycles. The fourth-order valence-electron chi connectivity index (χ4n) is 4.25. The summed E-state index contributed by atoms with van der Waals surface area (Å²) in [6.45, 7) is 8.18. The normalized spacial score (nSPS) is 19.5. The minimum atomic E-state index is 0.0909. The molecule has 0 unspecified atom stereocenters. The third-order valence-corrected chi connectivity index (χ3v) is 6.70. The first-order valence-corrected chi connectivity index (χ1v) is 11.0. The van der Waals surface area contributed by atoms with Crippen LogP contribution in [-0.2, 0) is 0 Å². The molecule has 1 aliphatic rings. The number of hydrogen-bond acceptors (Lipinski definition) is 3. The van der Waals surface area contributed by atoms with Crippen molar-refractivity contribution >= 4 is 28.6 Å². The first-order valence-electron chi connectivity index (χ1n) is 10.2. The van der Waals surface area contributed by atoms with Crippen LogP contribution in [0.5, 0.6) is 5.75 Å². The van der Waals surface area contributed by atoms with E-state index in [-0.39, 0.29) is 5.91 Å². The number of hydrogen-bond donors (Lipinski definition) is 1. The highest BCUT2D eigenvalue weighted by molar-refractivity contribution is 7.99. The summed E-state index contributed by atoms with van der Waals surface area (Å²) in [7, 11) is 1.66. The minimum absolute atomic E-state index is 0.0909. The van der Waals surface area contributed by atoms with Crippen LogP contribution in [0.2, 0.25) is 0 Å². The van der Waals surface area contributed by atoms with Crippen molar-refractivity contribution in [2.45, 2.75) is 37.0 Å². The summed E-state index contributed by atoms with van der Waals surface area (Å²) in [5.74, 6) is 1.93. The SMILES string of the molecule is COc1ccc2c(Sc3ccc(C)cc3)c(C(=O)N3C[C@H](C)C[C@H](C)C3)[nH]c2c1. The Morgan fingerprint density at radius 3 is 2.45 bits per heavy atom. The van der Waals surface area contributed by atoms with Crippen LogP contribution < -0.4 is 4.74 Å². The average Bonchev–Trinajstić information content (AvgIpc) is 3.05. The van der Waals surface area contributed by atoms with E-state index < -0.39 is 0 Å². The van der Waals surface area contributed by atoms with E-state index in [4.69, 9.17) is 4.74 Å². The molecule has 0 aliphatic carbocycles. The lowest BCUT2D eigenvalue weighted by atomic mass is 9.92. The topological polar surface area (TPSA) is 45.3 Å². The highest BCUT2D eigenvalue weighted by atomic mass is 32.2. The van der Waals surface area contributed by atoms with Crippen LogP contribution >= 0.6 is 11.8 Å². The Balaban J connectivity index is 1.76. The summed E-state index contributed by atoms with van der Waals surface area (Å²) in [5, 5.41) is 1.05. The van der Waals surface area contributed by atoms with Gasteiger partial charge in [-0.1, -0.05) is 43.3 Å². The molecule has 4 nitrogen and oxygen atoms in total. The maximum atomic E-state index is 13.5. The van der Waals surface area contributed by atoms with Gasteiger partial charge in [0.2, 0.25) is 0 Å². The minimum Gasteiger partial charge on any atom is -0.497 e. The van der Waals surface area contributed by atoms with Gasteiger partial charge in [0.05, 0.1) is 17.5 Å². The number of H-pyrrole nitrogens is 1. The van der Waals surface area contributed by atoms with Crippen molar-refractivity contribution in [1.29, 1.82) is 0 Å². The quantitative estimate of drug-likeness (QED) is 0.597. The van der Waals surface area contributed by atoms with E-state index in [0.29, 0.717) is 17.5 Å². The van der Waals surface area contributed by atoms with Crippen molar-refractivity contribution in [3.05, 3.63) is 53.7 Å². The first-order chi connectivity index (χ1) is 13.9. The molecule has 1 amide bonds. The van der Waals surface area contributed by atoms with Crippen LogP contribution in [0.1, 0.15) is 36.3 Å². The first kappa shape index (κ1) is 19.9. The Labute approximate surface area is 176 Å². The molecule has 1 fully saturated rings. The fraction of sp³-hybridized carbons (Fsp3) is 0.375. The number of aryl methyl sites for hydroxylation is 1. The number of carbonyl (C=O) groups excluding carboxylic acids is 1. The Hall–Kier alpha value is -2.40. The number of benzene rings is 2. The van der Waals surface area contributed by atoms with Crippen molar-refractivity contribution in [2.75, 3.05) is 20.2 Å². The second-order valence-corrected chi connectivity index (χ2v) is 9.40. The van der Waals surface area contributed by atoms with E-state index >= 15 is 0 Å². The zero-order chi connectivity index (χ0) is 20.5. The summed E-state index contributed by atoms with van der Waals surface area (Å²) in [5.41, 5.74) is 2.84. The maximum absolute atomic E-state index is 13.5. The van der Waals surface area contributed by atoms with Crippen molar-refractivity contribution in [1.82, 2.24) is 9.88 Å².